The minimum absolute atomic E-state index is 0.0890. The summed E-state index contributed by atoms with van der Waals surface area (Å²) in [5.41, 5.74) is 2.00. The molecule has 1 unspecified atom stereocenters. The topological polar surface area (TPSA) is 69.6 Å². The van der Waals surface area contributed by atoms with Crippen LogP contribution < -0.4 is 5.32 Å². The Morgan fingerprint density at radius 3 is 2.70 bits per heavy atom. The van der Waals surface area contributed by atoms with Crippen LogP contribution in [0.4, 0.5) is 0 Å². The summed E-state index contributed by atoms with van der Waals surface area (Å²) in [6.45, 7) is 3.58. The van der Waals surface area contributed by atoms with Crippen molar-refractivity contribution in [1.29, 1.82) is 0 Å². The molecular formula is C18H24N2O3. The summed E-state index contributed by atoms with van der Waals surface area (Å²) in [6, 6.07) is 8.35. The standard InChI is InChI=1S/C18H24N2O3/c1-18(9-6-13-4-2-3-5-15(13)18)17(23)19-14-7-10-20(11-8-14)12-16(21)22/h2-5,14H,6-12H2,1H3,(H,19,23)(H,21,22). The van der Waals surface area contributed by atoms with Crippen LogP contribution in [-0.2, 0) is 21.4 Å². The molecule has 0 saturated carbocycles. The number of rotatable bonds is 4. The minimum Gasteiger partial charge on any atom is -0.480 e. The summed E-state index contributed by atoms with van der Waals surface area (Å²) in [5, 5.41) is 12.0. The number of carbonyl (C=O) groups excluding carboxylic acids is 1. The van der Waals surface area contributed by atoms with Gasteiger partial charge in [0.1, 0.15) is 0 Å². The van der Waals surface area contributed by atoms with Gasteiger partial charge in [0, 0.05) is 19.1 Å². The molecule has 1 aromatic rings. The smallest absolute Gasteiger partial charge is 0.317 e. The lowest BCUT2D eigenvalue weighted by Gasteiger charge is -2.33. The monoisotopic (exact) mass is 316 g/mol. The van der Waals surface area contributed by atoms with Crippen LogP contribution in [0.5, 0.6) is 0 Å². The molecule has 1 fully saturated rings. The highest BCUT2D eigenvalue weighted by Gasteiger charge is 2.41. The normalized spacial score (nSPS) is 25.1. The molecule has 3 rings (SSSR count). The minimum atomic E-state index is -0.789. The largest absolute Gasteiger partial charge is 0.480 e. The molecule has 2 N–H and O–H groups in total. The summed E-state index contributed by atoms with van der Waals surface area (Å²) in [6.07, 6.45) is 3.45. The number of amides is 1. The average molecular weight is 316 g/mol. The Labute approximate surface area is 136 Å². The fourth-order valence-corrected chi connectivity index (χ4v) is 3.80. The first-order chi connectivity index (χ1) is 11.0. The third kappa shape index (κ3) is 3.24. The molecule has 124 valence electrons. The summed E-state index contributed by atoms with van der Waals surface area (Å²) >= 11 is 0. The van der Waals surface area contributed by atoms with Crippen LogP contribution >= 0.6 is 0 Å². The molecule has 1 atom stereocenters. The van der Waals surface area contributed by atoms with Crippen LogP contribution in [0.1, 0.15) is 37.3 Å². The number of aliphatic carboxylic acids is 1. The second-order valence-electron chi connectivity index (χ2n) is 6.91. The van der Waals surface area contributed by atoms with Gasteiger partial charge in [0.15, 0.2) is 0 Å². The van der Waals surface area contributed by atoms with E-state index in [1.807, 2.05) is 24.0 Å². The molecule has 1 aromatic carbocycles. The molecule has 0 aromatic heterocycles. The van der Waals surface area contributed by atoms with E-state index in [9.17, 15) is 9.59 Å². The van der Waals surface area contributed by atoms with E-state index in [0.29, 0.717) is 0 Å². The number of nitrogens with zero attached hydrogens (tertiary/aromatic N) is 1. The van der Waals surface area contributed by atoms with E-state index in [4.69, 9.17) is 5.11 Å². The average Bonchev–Trinajstić information content (AvgIpc) is 2.88. The van der Waals surface area contributed by atoms with Gasteiger partial charge in [-0.15, -0.1) is 0 Å². The van der Waals surface area contributed by atoms with Gasteiger partial charge >= 0.3 is 5.97 Å². The number of hydrogen-bond acceptors (Lipinski definition) is 3. The van der Waals surface area contributed by atoms with Crippen molar-refractivity contribution in [3.05, 3.63) is 35.4 Å². The molecule has 23 heavy (non-hydrogen) atoms. The molecule has 0 bridgehead atoms. The molecule has 5 nitrogen and oxygen atoms in total. The molecule has 1 heterocycles. The molecule has 2 aliphatic rings. The second kappa shape index (κ2) is 6.32. The van der Waals surface area contributed by atoms with Crippen molar-refractivity contribution < 1.29 is 14.7 Å². The van der Waals surface area contributed by atoms with Crippen molar-refractivity contribution in [3.8, 4) is 0 Å². The van der Waals surface area contributed by atoms with Gasteiger partial charge in [-0.2, -0.15) is 0 Å². The first-order valence-electron chi connectivity index (χ1n) is 8.32. The molecule has 0 radical (unpaired) electrons. The van der Waals surface area contributed by atoms with Gasteiger partial charge in [-0.1, -0.05) is 24.3 Å². The van der Waals surface area contributed by atoms with Crippen molar-refractivity contribution in [2.45, 2.75) is 44.1 Å². The van der Waals surface area contributed by atoms with Crippen molar-refractivity contribution in [2.75, 3.05) is 19.6 Å². The number of hydrogen-bond donors (Lipinski definition) is 2. The Morgan fingerprint density at radius 2 is 2.00 bits per heavy atom. The van der Waals surface area contributed by atoms with Crippen LogP contribution in [-0.4, -0.2) is 47.6 Å². The van der Waals surface area contributed by atoms with Gasteiger partial charge in [0.25, 0.3) is 0 Å². The van der Waals surface area contributed by atoms with E-state index < -0.39 is 11.4 Å². The van der Waals surface area contributed by atoms with Crippen LogP contribution in [0.3, 0.4) is 0 Å². The van der Waals surface area contributed by atoms with E-state index in [1.165, 1.54) is 5.56 Å². The van der Waals surface area contributed by atoms with Crippen LogP contribution in [0.15, 0.2) is 24.3 Å². The summed E-state index contributed by atoms with van der Waals surface area (Å²) in [4.78, 5) is 25.5. The number of benzene rings is 1. The lowest BCUT2D eigenvalue weighted by molar-refractivity contribution is -0.138. The lowest BCUT2D eigenvalue weighted by atomic mass is 9.82. The lowest BCUT2D eigenvalue weighted by Crippen LogP contribution is -2.50. The van der Waals surface area contributed by atoms with Crippen LogP contribution in [0.25, 0.3) is 0 Å². The number of carboxylic acids is 1. The third-order valence-corrected chi connectivity index (χ3v) is 5.29. The molecule has 1 saturated heterocycles. The zero-order valence-electron chi connectivity index (χ0n) is 13.5. The Morgan fingerprint density at radius 1 is 1.30 bits per heavy atom. The molecule has 1 aliphatic carbocycles. The first-order valence-corrected chi connectivity index (χ1v) is 8.32. The zero-order valence-corrected chi connectivity index (χ0v) is 13.5. The number of aryl methyl sites for hydroxylation is 1. The highest BCUT2D eigenvalue weighted by molar-refractivity contribution is 5.89. The van der Waals surface area contributed by atoms with E-state index in [2.05, 4.69) is 17.4 Å². The maximum atomic E-state index is 12.8. The maximum absolute atomic E-state index is 12.8. The molecular weight excluding hydrogens is 292 g/mol. The van der Waals surface area contributed by atoms with Crippen molar-refractivity contribution in [3.63, 3.8) is 0 Å². The van der Waals surface area contributed by atoms with Gasteiger partial charge in [-0.3, -0.25) is 14.5 Å². The number of carbonyl (C=O) groups is 2. The van der Waals surface area contributed by atoms with Crippen LogP contribution in [0.2, 0.25) is 0 Å². The Balaban J connectivity index is 1.59. The zero-order chi connectivity index (χ0) is 16.4. The van der Waals surface area contributed by atoms with E-state index in [-0.39, 0.29) is 18.5 Å². The van der Waals surface area contributed by atoms with Crippen molar-refractivity contribution in [1.82, 2.24) is 10.2 Å². The number of nitrogens with one attached hydrogen (secondary N) is 1. The summed E-state index contributed by atoms with van der Waals surface area (Å²) in [5.74, 6) is -0.679. The second-order valence-corrected chi connectivity index (χ2v) is 6.91. The van der Waals surface area contributed by atoms with Crippen LogP contribution in [0, 0.1) is 0 Å². The fraction of sp³-hybridized carbons (Fsp3) is 0.556. The van der Waals surface area contributed by atoms with E-state index in [1.54, 1.807) is 0 Å². The number of piperidine rings is 1. The number of likely N-dealkylation sites (tertiary alicyclic amines) is 1. The first kappa shape index (κ1) is 16.0. The predicted molar refractivity (Wildman–Crippen MR) is 87.4 cm³/mol. The van der Waals surface area contributed by atoms with E-state index >= 15 is 0 Å². The van der Waals surface area contributed by atoms with E-state index in [0.717, 1.165) is 44.3 Å². The van der Waals surface area contributed by atoms with Gasteiger partial charge in [-0.05, 0) is 43.7 Å². The highest BCUT2D eigenvalue weighted by Crippen LogP contribution is 2.38. The number of carboxylic acid groups (broad SMARTS) is 1. The Hall–Kier alpha value is -1.88. The molecule has 0 spiro atoms. The Bertz CT molecular complexity index is 608. The highest BCUT2D eigenvalue weighted by atomic mass is 16.4. The van der Waals surface area contributed by atoms with Gasteiger partial charge in [0.2, 0.25) is 5.91 Å². The van der Waals surface area contributed by atoms with Gasteiger partial charge < -0.3 is 10.4 Å². The van der Waals surface area contributed by atoms with Crippen molar-refractivity contribution in [2.24, 2.45) is 0 Å². The third-order valence-electron chi connectivity index (χ3n) is 5.29. The Kier molecular flexibility index (Phi) is 4.39. The van der Waals surface area contributed by atoms with Crippen molar-refractivity contribution >= 4 is 11.9 Å². The van der Waals surface area contributed by atoms with Gasteiger partial charge in [0.05, 0.1) is 12.0 Å². The fourth-order valence-electron chi connectivity index (χ4n) is 3.80. The summed E-state index contributed by atoms with van der Waals surface area (Å²) in [7, 11) is 0. The SMILES string of the molecule is CC1(C(=O)NC2CCN(CC(=O)O)CC2)CCc2ccccc21. The number of fused-ring (bicyclic) bond motifs is 1. The molecule has 5 heteroatoms. The molecule has 1 aliphatic heterocycles. The predicted octanol–water partition coefficient (Wildman–Crippen LogP) is 1.56. The maximum Gasteiger partial charge on any atom is 0.317 e. The summed E-state index contributed by atoms with van der Waals surface area (Å²) < 4.78 is 0. The van der Waals surface area contributed by atoms with Gasteiger partial charge in [-0.25, -0.2) is 0 Å². The quantitative estimate of drug-likeness (QED) is 0.884. The molecule has 1 amide bonds.